The summed E-state index contributed by atoms with van der Waals surface area (Å²) in [6.07, 6.45) is 4.57. The predicted molar refractivity (Wildman–Crippen MR) is 81.1 cm³/mol. The highest BCUT2D eigenvalue weighted by molar-refractivity contribution is 7.13. The number of hydrogen-bond acceptors (Lipinski definition) is 4. The van der Waals surface area contributed by atoms with Gasteiger partial charge in [0, 0.05) is 13.0 Å². The van der Waals surface area contributed by atoms with Crippen LogP contribution in [0.2, 0.25) is 0 Å². The lowest BCUT2D eigenvalue weighted by molar-refractivity contribution is 0.0450. The van der Waals surface area contributed by atoms with Crippen molar-refractivity contribution < 1.29 is 9.90 Å². The van der Waals surface area contributed by atoms with Crippen molar-refractivity contribution in [3.63, 3.8) is 0 Å². The van der Waals surface area contributed by atoms with Crippen LogP contribution in [-0.2, 0) is 6.42 Å². The molecule has 1 heterocycles. The molecule has 0 unspecified atom stereocenters. The van der Waals surface area contributed by atoms with E-state index in [1.807, 2.05) is 6.92 Å². The Morgan fingerprint density at radius 3 is 2.70 bits per heavy atom. The molecule has 1 amide bonds. The van der Waals surface area contributed by atoms with Crippen molar-refractivity contribution in [2.45, 2.75) is 58.5 Å². The molecule has 0 radical (unpaired) electrons. The number of thiazole rings is 1. The van der Waals surface area contributed by atoms with Crippen LogP contribution >= 0.6 is 11.3 Å². The quantitative estimate of drug-likeness (QED) is 0.878. The van der Waals surface area contributed by atoms with Crippen molar-refractivity contribution in [1.29, 1.82) is 0 Å². The molecule has 2 N–H and O–H groups in total. The lowest BCUT2D eigenvalue weighted by Crippen LogP contribution is -2.40. The summed E-state index contributed by atoms with van der Waals surface area (Å²) in [7, 11) is 0. The third-order valence-corrected chi connectivity index (χ3v) is 4.92. The molecule has 1 fully saturated rings. The van der Waals surface area contributed by atoms with Crippen LogP contribution in [0, 0.1) is 12.8 Å². The molecule has 4 nitrogen and oxygen atoms in total. The van der Waals surface area contributed by atoms with E-state index >= 15 is 0 Å². The Hall–Kier alpha value is -0.940. The Kier molecular flexibility index (Phi) is 4.81. The molecule has 5 heteroatoms. The molecule has 0 aromatic carbocycles. The van der Waals surface area contributed by atoms with E-state index in [4.69, 9.17) is 0 Å². The molecule has 1 aliphatic rings. The van der Waals surface area contributed by atoms with Gasteiger partial charge in [0.15, 0.2) is 0 Å². The summed E-state index contributed by atoms with van der Waals surface area (Å²) in [5, 5.41) is 14.1. The smallest absolute Gasteiger partial charge is 0.263 e. The van der Waals surface area contributed by atoms with Gasteiger partial charge in [-0.25, -0.2) is 4.98 Å². The van der Waals surface area contributed by atoms with E-state index in [2.05, 4.69) is 24.1 Å². The minimum atomic E-state index is -0.699. The van der Waals surface area contributed by atoms with Crippen molar-refractivity contribution in [2.24, 2.45) is 5.92 Å². The zero-order valence-electron chi connectivity index (χ0n) is 12.5. The largest absolute Gasteiger partial charge is 0.388 e. The Morgan fingerprint density at radius 1 is 1.45 bits per heavy atom. The van der Waals surface area contributed by atoms with E-state index in [-0.39, 0.29) is 5.91 Å². The molecule has 1 aromatic rings. The van der Waals surface area contributed by atoms with E-state index in [1.165, 1.54) is 11.3 Å². The van der Waals surface area contributed by atoms with Gasteiger partial charge in [-0.15, -0.1) is 11.3 Å². The van der Waals surface area contributed by atoms with Gasteiger partial charge in [0.05, 0.1) is 16.3 Å². The van der Waals surface area contributed by atoms with E-state index < -0.39 is 5.60 Å². The Bertz CT molecular complexity index is 476. The number of carbonyl (C=O) groups excluding carboxylic acids is 1. The maximum absolute atomic E-state index is 12.2. The molecule has 1 aliphatic carbocycles. The molecular weight excluding hydrogens is 272 g/mol. The summed E-state index contributed by atoms with van der Waals surface area (Å²) in [5.41, 5.74) is 0.0937. The normalized spacial score (nSPS) is 17.6. The average Bonchev–Trinajstić information content (AvgIpc) is 2.93. The third kappa shape index (κ3) is 3.79. The first-order valence-electron chi connectivity index (χ1n) is 7.36. The molecule has 2 rings (SSSR count). The maximum Gasteiger partial charge on any atom is 0.263 e. The van der Waals surface area contributed by atoms with Crippen molar-refractivity contribution in [2.75, 3.05) is 6.54 Å². The van der Waals surface area contributed by atoms with Crippen LogP contribution in [0.5, 0.6) is 0 Å². The number of aliphatic hydroxyl groups is 1. The lowest BCUT2D eigenvalue weighted by Gasteiger charge is -2.22. The molecule has 0 aliphatic heterocycles. The summed E-state index contributed by atoms with van der Waals surface area (Å²) >= 11 is 1.47. The number of nitrogens with zero attached hydrogens (tertiary/aromatic N) is 1. The summed E-state index contributed by atoms with van der Waals surface area (Å²) < 4.78 is 0. The van der Waals surface area contributed by atoms with Gasteiger partial charge in [0.25, 0.3) is 5.91 Å². The highest BCUT2D eigenvalue weighted by atomic mass is 32.1. The first kappa shape index (κ1) is 15.4. The van der Waals surface area contributed by atoms with Gasteiger partial charge in [-0.05, 0) is 25.7 Å². The van der Waals surface area contributed by atoms with Crippen molar-refractivity contribution in [1.82, 2.24) is 10.3 Å². The predicted octanol–water partition coefficient (Wildman–Crippen LogP) is 2.68. The molecule has 112 valence electrons. The van der Waals surface area contributed by atoms with Gasteiger partial charge in [-0.3, -0.25) is 4.79 Å². The van der Waals surface area contributed by atoms with Crippen molar-refractivity contribution >= 4 is 17.2 Å². The van der Waals surface area contributed by atoms with Gasteiger partial charge in [-0.1, -0.05) is 26.7 Å². The number of rotatable bonds is 5. The van der Waals surface area contributed by atoms with E-state index in [0.29, 0.717) is 17.3 Å². The fraction of sp³-hybridized carbons (Fsp3) is 0.733. The van der Waals surface area contributed by atoms with Crippen molar-refractivity contribution in [3.05, 3.63) is 15.6 Å². The van der Waals surface area contributed by atoms with Crippen LogP contribution < -0.4 is 5.32 Å². The Morgan fingerprint density at radius 2 is 2.10 bits per heavy atom. The van der Waals surface area contributed by atoms with Crippen LogP contribution in [0.25, 0.3) is 0 Å². The monoisotopic (exact) mass is 296 g/mol. The van der Waals surface area contributed by atoms with E-state index in [1.54, 1.807) is 0 Å². The first-order valence-corrected chi connectivity index (χ1v) is 8.18. The zero-order valence-corrected chi connectivity index (χ0v) is 13.3. The number of aromatic nitrogens is 1. The topological polar surface area (TPSA) is 62.2 Å². The van der Waals surface area contributed by atoms with E-state index in [0.717, 1.165) is 42.8 Å². The van der Waals surface area contributed by atoms with Crippen LogP contribution in [0.15, 0.2) is 0 Å². The number of amides is 1. The molecule has 0 spiro atoms. The number of carbonyl (C=O) groups is 1. The number of aryl methyl sites for hydroxylation is 1. The lowest BCUT2D eigenvalue weighted by atomic mass is 10.0. The van der Waals surface area contributed by atoms with Gasteiger partial charge in [-0.2, -0.15) is 0 Å². The van der Waals surface area contributed by atoms with Gasteiger partial charge >= 0.3 is 0 Å². The second-order valence-electron chi connectivity index (χ2n) is 6.23. The molecule has 0 saturated heterocycles. The minimum Gasteiger partial charge on any atom is -0.388 e. The maximum atomic E-state index is 12.2. The Balaban J connectivity index is 1.96. The molecule has 1 saturated carbocycles. The average molecular weight is 296 g/mol. The third-order valence-electron chi connectivity index (χ3n) is 3.74. The minimum absolute atomic E-state index is 0.102. The second-order valence-corrected chi connectivity index (χ2v) is 7.32. The SMILES string of the molecule is Cc1nc(CC(C)C)sc1C(=O)NCC1(O)CCCC1. The summed E-state index contributed by atoms with van der Waals surface area (Å²) in [6.45, 7) is 6.51. The zero-order chi connectivity index (χ0) is 14.8. The first-order chi connectivity index (χ1) is 9.39. The molecule has 1 aromatic heterocycles. The number of nitrogens with one attached hydrogen (secondary N) is 1. The fourth-order valence-electron chi connectivity index (χ4n) is 2.63. The van der Waals surface area contributed by atoms with E-state index in [9.17, 15) is 9.90 Å². The van der Waals surface area contributed by atoms with Crippen LogP contribution in [0.3, 0.4) is 0 Å². The van der Waals surface area contributed by atoms with Crippen LogP contribution in [0.4, 0.5) is 0 Å². The fourth-order valence-corrected chi connectivity index (χ4v) is 3.83. The Labute approximate surface area is 124 Å². The molecule has 0 bridgehead atoms. The summed E-state index contributed by atoms with van der Waals surface area (Å²) in [4.78, 5) is 17.4. The standard InChI is InChI=1S/C15H24N2O2S/c1-10(2)8-12-17-11(3)13(20-12)14(18)16-9-15(19)6-4-5-7-15/h10,19H,4-9H2,1-3H3,(H,16,18). The van der Waals surface area contributed by atoms with Gasteiger partial charge < -0.3 is 10.4 Å². The van der Waals surface area contributed by atoms with Gasteiger partial charge in [0.2, 0.25) is 0 Å². The van der Waals surface area contributed by atoms with Gasteiger partial charge in [0.1, 0.15) is 4.88 Å². The second kappa shape index (κ2) is 6.22. The highest BCUT2D eigenvalue weighted by Crippen LogP contribution is 2.29. The summed E-state index contributed by atoms with van der Waals surface area (Å²) in [6, 6.07) is 0. The summed E-state index contributed by atoms with van der Waals surface area (Å²) in [5.74, 6) is 0.436. The molecular formula is C15H24N2O2S. The van der Waals surface area contributed by atoms with Crippen LogP contribution in [-0.4, -0.2) is 28.1 Å². The number of hydrogen-bond donors (Lipinski definition) is 2. The molecule has 0 atom stereocenters. The van der Waals surface area contributed by atoms with Crippen LogP contribution in [0.1, 0.15) is 59.9 Å². The molecule has 20 heavy (non-hydrogen) atoms. The van der Waals surface area contributed by atoms with Crippen molar-refractivity contribution in [3.8, 4) is 0 Å². The highest BCUT2D eigenvalue weighted by Gasteiger charge is 2.31.